The summed E-state index contributed by atoms with van der Waals surface area (Å²) in [6.07, 6.45) is 2.77. The number of nitrogens with zero attached hydrogens (tertiary/aromatic N) is 5. The number of halogens is 4. The summed E-state index contributed by atoms with van der Waals surface area (Å²) in [6.45, 7) is 0.403. The van der Waals surface area contributed by atoms with Crippen LogP contribution in [-0.2, 0) is 5.54 Å². The highest BCUT2D eigenvalue weighted by atomic mass is 32.2. The van der Waals surface area contributed by atoms with E-state index in [9.17, 15) is 22.8 Å². The van der Waals surface area contributed by atoms with Crippen LogP contribution in [0.2, 0.25) is 0 Å². The maximum absolute atomic E-state index is 15.7. The van der Waals surface area contributed by atoms with Crippen LogP contribution in [0.1, 0.15) is 26.4 Å². The van der Waals surface area contributed by atoms with E-state index >= 15 is 4.39 Å². The van der Waals surface area contributed by atoms with Crippen LogP contribution in [-0.4, -0.2) is 50.8 Å². The molecule has 218 valence electrons. The molecule has 2 N–H and O–H groups in total. The van der Waals surface area contributed by atoms with Crippen LogP contribution < -0.4 is 15.5 Å². The molecule has 2 aliphatic rings. The van der Waals surface area contributed by atoms with Gasteiger partial charge in [-0.1, -0.05) is 30.0 Å². The van der Waals surface area contributed by atoms with E-state index in [1.165, 1.54) is 23.9 Å². The summed E-state index contributed by atoms with van der Waals surface area (Å²) in [5.74, 6) is -4.39. The summed E-state index contributed by atoms with van der Waals surface area (Å²) in [5.41, 5.74) is -1.31. The van der Waals surface area contributed by atoms with Gasteiger partial charge in [-0.2, -0.15) is 0 Å². The van der Waals surface area contributed by atoms with Crippen molar-refractivity contribution < 1.29 is 27.2 Å². The third-order valence-corrected chi connectivity index (χ3v) is 8.17. The molecule has 0 saturated carbocycles. The van der Waals surface area contributed by atoms with Crippen molar-refractivity contribution in [2.24, 2.45) is 10.9 Å². The Balaban J connectivity index is 1.38. The molecule has 4 heterocycles. The molecule has 0 unspecified atom stereocenters. The smallest absolute Gasteiger partial charge is 0.277 e. The number of pyridine rings is 1. The maximum atomic E-state index is 15.7. The van der Waals surface area contributed by atoms with E-state index in [1.54, 1.807) is 35.2 Å². The summed E-state index contributed by atoms with van der Waals surface area (Å²) in [7, 11) is 0. The standard InChI is InChI=1S/C29H21F4N7O2S/c30-18-8-23(33)24(34-10-18)26(42)37-20-6-7-22(32)21(9-20)29-15-40(27-35-11-19(31)12-36-27)13-17(29)14-43-28(39-29)38-25(41)16-4-2-1-3-5-16/h1-12,17H,13-15H2,(H,37,42)(H,38,39,41)/t17-,29-/m0/s1. The molecule has 2 aromatic carbocycles. The van der Waals surface area contributed by atoms with Gasteiger partial charge >= 0.3 is 0 Å². The maximum Gasteiger partial charge on any atom is 0.277 e. The second-order valence-corrected chi connectivity index (χ2v) is 10.9. The lowest BCUT2D eigenvalue weighted by Gasteiger charge is -2.35. The van der Waals surface area contributed by atoms with Crippen LogP contribution in [0.4, 0.5) is 29.2 Å². The fourth-order valence-electron chi connectivity index (χ4n) is 5.13. The molecule has 6 rings (SSSR count). The second-order valence-electron chi connectivity index (χ2n) is 9.88. The molecule has 14 heteroatoms. The molecule has 0 bridgehead atoms. The van der Waals surface area contributed by atoms with E-state index in [1.807, 2.05) is 0 Å². The second kappa shape index (κ2) is 11.4. The van der Waals surface area contributed by atoms with Gasteiger partial charge in [0.25, 0.3) is 11.8 Å². The Morgan fingerprint density at radius 3 is 2.35 bits per heavy atom. The number of benzene rings is 2. The van der Waals surface area contributed by atoms with Crippen molar-refractivity contribution in [3.05, 3.63) is 113 Å². The highest BCUT2D eigenvalue weighted by Crippen LogP contribution is 2.47. The molecule has 2 aliphatic heterocycles. The third kappa shape index (κ3) is 5.65. The van der Waals surface area contributed by atoms with Crippen LogP contribution >= 0.6 is 11.8 Å². The van der Waals surface area contributed by atoms with Crippen LogP contribution in [0, 0.1) is 29.2 Å². The molecular formula is C29H21F4N7O2S. The van der Waals surface area contributed by atoms with Crippen molar-refractivity contribution in [3.8, 4) is 0 Å². The van der Waals surface area contributed by atoms with Crippen molar-refractivity contribution in [3.63, 3.8) is 0 Å². The van der Waals surface area contributed by atoms with Gasteiger partial charge in [0.15, 0.2) is 22.5 Å². The van der Waals surface area contributed by atoms with E-state index in [4.69, 9.17) is 4.99 Å². The molecule has 2 amide bonds. The first kappa shape index (κ1) is 28.3. The number of rotatable bonds is 5. The molecule has 1 fully saturated rings. The zero-order chi connectivity index (χ0) is 30.1. The number of nitrogens with one attached hydrogen (secondary N) is 2. The number of hydrogen-bond donors (Lipinski definition) is 2. The van der Waals surface area contributed by atoms with Crippen molar-refractivity contribution in [2.75, 3.05) is 29.1 Å². The van der Waals surface area contributed by atoms with Gasteiger partial charge in [-0.15, -0.1) is 0 Å². The lowest BCUT2D eigenvalue weighted by molar-refractivity contribution is 0.0975. The van der Waals surface area contributed by atoms with Gasteiger partial charge in [0.1, 0.15) is 17.2 Å². The fourth-order valence-corrected chi connectivity index (χ4v) is 6.26. The fraction of sp³-hybridized carbons (Fsp3) is 0.172. The SMILES string of the molecule is O=C(NC1=N[C@@]2(c3cc(NC(=O)c4ncc(F)cc4F)ccc3F)CN(c3ncc(F)cn3)C[C@H]2CS1)c1ccccc1. The normalized spacial score (nSPS) is 19.4. The van der Waals surface area contributed by atoms with Crippen molar-refractivity contribution in [1.29, 1.82) is 0 Å². The van der Waals surface area contributed by atoms with Crippen LogP contribution in [0.5, 0.6) is 0 Å². The minimum absolute atomic E-state index is 0.0665. The summed E-state index contributed by atoms with van der Waals surface area (Å²) >= 11 is 1.29. The van der Waals surface area contributed by atoms with Gasteiger partial charge < -0.3 is 15.5 Å². The lowest BCUT2D eigenvalue weighted by atomic mass is 9.81. The third-order valence-electron chi connectivity index (χ3n) is 7.13. The number of amidine groups is 1. The molecule has 2 atom stereocenters. The summed E-state index contributed by atoms with van der Waals surface area (Å²) in [6, 6.07) is 12.9. The minimum atomic E-state index is -1.29. The number of fused-ring (bicyclic) bond motifs is 1. The first-order chi connectivity index (χ1) is 20.7. The Labute approximate surface area is 246 Å². The van der Waals surface area contributed by atoms with E-state index in [-0.39, 0.29) is 34.8 Å². The molecule has 0 aliphatic carbocycles. The molecule has 0 radical (unpaired) electrons. The van der Waals surface area contributed by atoms with Crippen molar-refractivity contribution in [1.82, 2.24) is 20.3 Å². The Kier molecular flexibility index (Phi) is 7.52. The number of amides is 2. The van der Waals surface area contributed by atoms with E-state index in [2.05, 4.69) is 25.6 Å². The van der Waals surface area contributed by atoms with Gasteiger partial charge in [-0.3, -0.25) is 9.59 Å². The summed E-state index contributed by atoms with van der Waals surface area (Å²) in [4.78, 5) is 44.0. The molecule has 4 aromatic rings. The van der Waals surface area contributed by atoms with Crippen molar-refractivity contribution in [2.45, 2.75) is 5.54 Å². The predicted molar refractivity (Wildman–Crippen MR) is 152 cm³/mol. The Morgan fingerprint density at radius 1 is 0.860 bits per heavy atom. The number of carbonyl (C=O) groups excluding carboxylic acids is 2. The van der Waals surface area contributed by atoms with Crippen LogP contribution in [0.15, 0.2) is 78.2 Å². The number of aliphatic imine (C=N–C) groups is 1. The number of thioether (sulfide) groups is 1. The van der Waals surface area contributed by atoms with Crippen LogP contribution in [0.25, 0.3) is 0 Å². The molecule has 2 aromatic heterocycles. The zero-order valence-electron chi connectivity index (χ0n) is 22.1. The average Bonchev–Trinajstić information content (AvgIpc) is 3.38. The zero-order valence-corrected chi connectivity index (χ0v) is 22.9. The molecule has 1 saturated heterocycles. The van der Waals surface area contributed by atoms with Gasteiger partial charge in [0.05, 0.1) is 25.1 Å². The van der Waals surface area contributed by atoms with Crippen molar-refractivity contribution >= 4 is 40.4 Å². The average molecular weight is 608 g/mol. The Bertz CT molecular complexity index is 1740. The number of carbonyl (C=O) groups is 2. The monoisotopic (exact) mass is 607 g/mol. The molecular weight excluding hydrogens is 586 g/mol. The number of hydrogen-bond acceptors (Lipinski definition) is 8. The minimum Gasteiger partial charge on any atom is -0.338 e. The van der Waals surface area contributed by atoms with Gasteiger partial charge in [0, 0.05) is 41.1 Å². The highest BCUT2D eigenvalue weighted by molar-refractivity contribution is 8.13. The predicted octanol–water partition coefficient (Wildman–Crippen LogP) is 4.54. The Hall–Kier alpha value is -4.85. The molecule has 9 nitrogen and oxygen atoms in total. The first-order valence-electron chi connectivity index (χ1n) is 13.0. The molecule has 43 heavy (non-hydrogen) atoms. The van der Waals surface area contributed by atoms with Crippen LogP contribution in [0.3, 0.4) is 0 Å². The van der Waals surface area contributed by atoms with Gasteiger partial charge in [-0.25, -0.2) is 37.5 Å². The summed E-state index contributed by atoms with van der Waals surface area (Å²) < 4.78 is 56.7. The van der Waals surface area contributed by atoms with Gasteiger partial charge in [0.2, 0.25) is 5.95 Å². The Morgan fingerprint density at radius 2 is 1.60 bits per heavy atom. The van der Waals surface area contributed by atoms with E-state index in [0.29, 0.717) is 30.1 Å². The van der Waals surface area contributed by atoms with Gasteiger partial charge in [-0.05, 0) is 30.3 Å². The lowest BCUT2D eigenvalue weighted by Crippen LogP contribution is -2.43. The highest BCUT2D eigenvalue weighted by Gasteiger charge is 2.52. The quantitative estimate of drug-likeness (QED) is 0.321. The van der Waals surface area contributed by atoms with E-state index < -0.39 is 46.3 Å². The number of aromatic nitrogens is 3. The first-order valence-corrected chi connectivity index (χ1v) is 13.9. The topological polar surface area (TPSA) is 112 Å². The number of anilines is 2. The molecule has 0 spiro atoms. The summed E-state index contributed by atoms with van der Waals surface area (Å²) in [5, 5.41) is 5.55. The largest absolute Gasteiger partial charge is 0.338 e. The van der Waals surface area contributed by atoms with E-state index in [0.717, 1.165) is 18.5 Å².